The van der Waals surface area contributed by atoms with E-state index in [1.54, 1.807) is 39.3 Å². The maximum atomic E-state index is 9.41. The lowest BCUT2D eigenvalue weighted by Gasteiger charge is -2.12. The minimum Gasteiger partial charge on any atom is -0.493 e. The maximum Gasteiger partial charge on any atom is 0.188 e. The van der Waals surface area contributed by atoms with Crippen LogP contribution >= 0.6 is 0 Å². The third kappa shape index (κ3) is 3.11. The number of aliphatic hydroxyl groups is 1. The second-order valence-corrected chi connectivity index (χ2v) is 3.14. The van der Waals surface area contributed by atoms with Gasteiger partial charge in [-0.2, -0.15) is 0 Å². The first-order valence-electron chi connectivity index (χ1n) is 4.66. The van der Waals surface area contributed by atoms with Gasteiger partial charge in [0.25, 0.3) is 0 Å². The molecule has 0 aliphatic rings. The minimum atomic E-state index is -0.527. The summed E-state index contributed by atoms with van der Waals surface area (Å²) in [5, 5.41) is 9.41. The molecule has 0 aromatic heterocycles. The van der Waals surface area contributed by atoms with Crippen molar-refractivity contribution in [3.8, 4) is 11.5 Å². The van der Waals surface area contributed by atoms with E-state index in [4.69, 9.17) is 14.2 Å². The summed E-state index contributed by atoms with van der Waals surface area (Å²) in [4.78, 5) is 0. The molecule has 4 heteroatoms. The van der Waals surface area contributed by atoms with Crippen molar-refractivity contribution in [2.75, 3.05) is 21.0 Å². The first-order chi connectivity index (χ1) is 7.19. The molecule has 0 aliphatic heterocycles. The Morgan fingerprint density at radius 3 is 2.53 bits per heavy atom. The van der Waals surface area contributed by atoms with Gasteiger partial charge < -0.3 is 19.3 Å². The van der Waals surface area contributed by atoms with Crippen LogP contribution in [-0.4, -0.2) is 26.1 Å². The molecular formula is C11H16O4. The van der Waals surface area contributed by atoms with Crippen LogP contribution in [0.5, 0.6) is 11.5 Å². The molecule has 4 nitrogen and oxygen atoms in total. The van der Waals surface area contributed by atoms with Gasteiger partial charge in [0.15, 0.2) is 18.3 Å². The SMILES string of the molecule is COCOc1cc(C(C)O)ccc1OC. The molecule has 1 aromatic rings. The highest BCUT2D eigenvalue weighted by molar-refractivity contribution is 5.43. The molecule has 1 rings (SSSR count). The molecule has 0 saturated heterocycles. The molecule has 84 valence electrons. The number of hydrogen-bond acceptors (Lipinski definition) is 4. The predicted molar refractivity (Wildman–Crippen MR) is 56.1 cm³/mol. The zero-order chi connectivity index (χ0) is 11.3. The van der Waals surface area contributed by atoms with Crippen LogP contribution in [-0.2, 0) is 4.74 Å². The summed E-state index contributed by atoms with van der Waals surface area (Å²) in [6.07, 6.45) is -0.527. The van der Waals surface area contributed by atoms with Crippen LogP contribution < -0.4 is 9.47 Å². The zero-order valence-electron chi connectivity index (χ0n) is 9.19. The first kappa shape index (κ1) is 11.8. The van der Waals surface area contributed by atoms with Crippen LogP contribution in [0.2, 0.25) is 0 Å². The van der Waals surface area contributed by atoms with Gasteiger partial charge >= 0.3 is 0 Å². The van der Waals surface area contributed by atoms with E-state index in [2.05, 4.69) is 0 Å². The van der Waals surface area contributed by atoms with Gasteiger partial charge in [0.1, 0.15) is 0 Å². The van der Waals surface area contributed by atoms with Crippen LogP contribution in [0.25, 0.3) is 0 Å². The van der Waals surface area contributed by atoms with E-state index in [0.29, 0.717) is 11.5 Å². The number of aliphatic hydroxyl groups excluding tert-OH is 1. The summed E-state index contributed by atoms with van der Waals surface area (Å²) in [7, 11) is 3.11. The lowest BCUT2D eigenvalue weighted by Crippen LogP contribution is -2.02. The molecule has 0 saturated carbocycles. The van der Waals surface area contributed by atoms with E-state index in [9.17, 15) is 5.11 Å². The van der Waals surface area contributed by atoms with Crippen LogP contribution in [0.1, 0.15) is 18.6 Å². The fraction of sp³-hybridized carbons (Fsp3) is 0.455. The Kier molecular flexibility index (Phi) is 4.39. The molecule has 0 amide bonds. The van der Waals surface area contributed by atoms with Crippen molar-refractivity contribution in [1.29, 1.82) is 0 Å². The van der Waals surface area contributed by atoms with Gasteiger partial charge in [-0.05, 0) is 24.6 Å². The molecule has 1 N–H and O–H groups in total. The number of methoxy groups -OCH3 is 2. The van der Waals surface area contributed by atoms with Crippen molar-refractivity contribution >= 4 is 0 Å². The first-order valence-corrected chi connectivity index (χ1v) is 4.66. The van der Waals surface area contributed by atoms with E-state index < -0.39 is 6.10 Å². The van der Waals surface area contributed by atoms with Crippen molar-refractivity contribution < 1.29 is 19.3 Å². The Balaban J connectivity index is 2.91. The van der Waals surface area contributed by atoms with Crippen LogP contribution in [0.4, 0.5) is 0 Å². The third-order valence-corrected chi connectivity index (χ3v) is 2.00. The lowest BCUT2D eigenvalue weighted by atomic mass is 10.1. The molecule has 1 aromatic carbocycles. The lowest BCUT2D eigenvalue weighted by molar-refractivity contribution is 0.0489. The van der Waals surface area contributed by atoms with Gasteiger partial charge in [0.05, 0.1) is 13.2 Å². The Bertz CT molecular complexity index is 309. The normalized spacial score (nSPS) is 12.3. The summed E-state index contributed by atoms with van der Waals surface area (Å²) in [5.41, 5.74) is 0.780. The van der Waals surface area contributed by atoms with Gasteiger partial charge in [-0.1, -0.05) is 6.07 Å². The number of ether oxygens (including phenoxy) is 3. The fourth-order valence-electron chi connectivity index (χ4n) is 1.19. The van der Waals surface area contributed by atoms with E-state index in [1.165, 1.54) is 0 Å². The van der Waals surface area contributed by atoms with Crippen LogP contribution in [0.3, 0.4) is 0 Å². The van der Waals surface area contributed by atoms with Gasteiger partial charge in [0.2, 0.25) is 0 Å². The highest BCUT2D eigenvalue weighted by atomic mass is 16.7. The summed E-state index contributed by atoms with van der Waals surface area (Å²) in [6, 6.07) is 5.29. The highest BCUT2D eigenvalue weighted by Gasteiger charge is 2.08. The largest absolute Gasteiger partial charge is 0.493 e. The standard InChI is InChI=1S/C11H16O4/c1-8(12)9-4-5-10(14-3)11(6-9)15-7-13-2/h4-6,8,12H,7H2,1-3H3. The van der Waals surface area contributed by atoms with Crippen LogP contribution in [0.15, 0.2) is 18.2 Å². The van der Waals surface area contributed by atoms with E-state index in [-0.39, 0.29) is 6.79 Å². The van der Waals surface area contributed by atoms with Crippen LogP contribution in [0, 0.1) is 0 Å². The van der Waals surface area contributed by atoms with Crippen molar-refractivity contribution in [1.82, 2.24) is 0 Å². The molecule has 0 spiro atoms. The number of rotatable bonds is 5. The fourth-order valence-corrected chi connectivity index (χ4v) is 1.19. The average Bonchev–Trinajstić information content (AvgIpc) is 2.25. The van der Waals surface area contributed by atoms with Crippen molar-refractivity contribution in [2.45, 2.75) is 13.0 Å². The third-order valence-electron chi connectivity index (χ3n) is 2.00. The topological polar surface area (TPSA) is 47.9 Å². The Morgan fingerprint density at radius 2 is 2.00 bits per heavy atom. The van der Waals surface area contributed by atoms with E-state index >= 15 is 0 Å². The maximum absolute atomic E-state index is 9.41. The second kappa shape index (κ2) is 5.58. The molecule has 0 bridgehead atoms. The number of benzene rings is 1. The Labute approximate surface area is 89.4 Å². The molecule has 0 fully saturated rings. The average molecular weight is 212 g/mol. The summed E-state index contributed by atoms with van der Waals surface area (Å²) >= 11 is 0. The molecule has 15 heavy (non-hydrogen) atoms. The van der Waals surface area contributed by atoms with E-state index in [0.717, 1.165) is 5.56 Å². The van der Waals surface area contributed by atoms with Gasteiger partial charge in [-0.15, -0.1) is 0 Å². The Morgan fingerprint density at radius 1 is 1.27 bits per heavy atom. The summed E-state index contributed by atoms with van der Waals surface area (Å²) < 4.78 is 15.2. The predicted octanol–water partition coefficient (Wildman–Crippen LogP) is 1.73. The molecule has 1 unspecified atom stereocenters. The van der Waals surface area contributed by atoms with Crippen molar-refractivity contribution in [3.05, 3.63) is 23.8 Å². The van der Waals surface area contributed by atoms with E-state index in [1.807, 2.05) is 0 Å². The molecule has 0 heterocycles. The quantitative estimate of drug-likeness (QED) is 0.755. The van der Waals surface area contributed by atoms with Crippen molar-refractivity contribution in [3.63, 3.8) is 0 Å². The number of hydrogen-bond donors (Lipinski definition) is 1. The molecular weight excluding hydrogens is 196 g/mol. The second-order valence-electron chi connectivity index (χ2n) is 3.14. The zero-order valence-corrected chi connectivity index (χ0v) is 9.19. The molecule has 0 aliphatic carbocycles. The smallest absolute Gasteiger partial charge is 0.188 e. The Hall–Kier alpha value is -1.26. The monoisotopic (exact) mass is 212 g/mol. The van der Waals surface area contributed by atoms with Crippen molar-refractivity contribution in [2.24, 2.45) is 0 Å². The van der Waals surface area contributed by atoms with Gasteiger partial charge in [-0.3, -0.25) is 0 Å². The van der Waals surface area contributed by atoms with Gasteiger partial charge in [0, 0.05) is 7.11 Å². The molecule has 1 atom stereocenters. The summed E-state index contributed by atoms with van der Waals surface area (Å²) in [6.45, 7) is 1.85. The molecule has 0 radical (unpaired) electrons. The van der Waals surface area contributed by atoms with Gasteiger partial charge in [-0.25, -0.2) is 0 Å². The highest BCUT2D eigenvalue weighted by Crippen LogP contribution is 2.30. The minimum absolute atomic E-state index is 0.152. The summed E-state index contributed by atoms with van der Waals surface area (Å²) in [5.74, 6) is 1.19.